The van der Waals surface area contributed by atoms with Gasteiger partial charge in [0, 0.05) is 0 Å². The van der Waals surface area contributed by atoms with Gasteiger partial charge in [0.1, 0.15) is 11.3 Å². The molecule has 3 rings (SSSR count). The Morgan fingerprint density at radius 2 is 1.90 bits per heavy atom. The predicted molar refractivity (Wildman–Crippen MR) is 73.9 cm³/mol. The first-order chi connectivity index (χ1) is 10.2. The summed E-state index contributed by atoms with van der Waals surface area (Å²) in [5.74, 6) is -0.397. The zero-order valence-corrected chi connectivity index (χ0v) is 11.1. The lowest BCUT2D eigenvalue weighted by Gasteiger charge is -2.02. The van der Waals surface area contributed by atoms with Crippen LogP contribution in [0.3, 0.4) is 0 Å². The van der Waals surface area contributed by atoms with Crippen LogP contribution in [0.15, 0.2) is 52.9 Å². The Labute approximate surface area is 120 Å². The van der Waals surface area contributed by atoms with Gasteiger partial charge in [-0.05, 0) is 29.8 Å². The lowest BCUT2D eigenvalue weighted by Crippen LogP contribution is -2.08. The number of carbonyl (C=O) groups is 1. The van der Waals surface area contributed by atoms with Gasteiger partial charge in [0.15, 0.2) is 12.2 Å². The van der Waals surface area contributed by atoms with E-state index in [0.717, 1.165) is 5.52 Å². The molecule has 1 aromatic heterocycles. The number of carbonyl (C=O) groups excluding carboxylic acids is 1. The summed E-state index contributed by atoms with van der Waals surface area (Å²) in [6.45, 7) is -0.0191. The molecule has 0 saturated carbocycles. The maximum absolute atomic E-state index is 12.8. The Bertz CT molecular complexity index is 732. The van der Waals surface area contributed by atoms with Crippen LogP contribution in [-0.2, 0) is 22.6 Å². The molecule has 0 bridgehead atoms. The minimum Gasteiger partial charge on any atom is -0.455 e. The molecule has 0 spiro atoms. The molecule has 0 amide bonds. The summed E-state index contributed by atoms with van der Waals surface area (Å²) < 4.78 is 23.3. The minimum atomic E-state index is -0.413. The van der Waals surface area contributed by atoms with Crippen LogP contribution in [0.4, 0.5) is 4.39 Å². The van der Waals surface area contributed by atoms with E-state index in [1.165, 1.54) is 12.1 Å². The molecule has 5 heteroatoms. The molecular weight excluding hydrogens is 273 g/mol. The average Bonchev–Trinajstić information content (AvgIpc) is 2.90. The van der Waals surface area contributed by atoms with Crippen LogP contribution < -0.4 is 0 Å². The second-order valence-corrected chi connectivity index (χ2v) is 4.54. The van der Waals surface area contributed by atoms with Gasteiger partial charge in [0.2, 0.25) is 5.89 Å². The van der Waals surface area contributed by atoms with Crippen molar-refractivity contribution < 1.29 is 18.3 Å². The summed E-state index contributed by atoms with van der Waals surface area (Å²) in [5.41, 5.74) is 2.07. The molecule has 3 aromatic rings. The fraction of sp³-hybridized carbons (Fsp3) is 0.125. The molecule has 4 nitrogen and oxygen atoms in total. The third-order valence-electron chi connectivity index (χ3n) is 2.96. The molecule has 0 aliphatic rings. The molecule has 0 N–H and O–H groups in total. The summed E-state index contributed by atoms with van der Waals surface area (Å²) in [7, 11) is 0. The van der Waals surface area contributed by atoms with Crippen LogP contribution >= 0.6 is 0 Å². The van der Waals surface area contributed by atoms with Crippen molar-refractivity contribution in [2.24, 2.45) is 0 Å². The maximum Gasteiger partial charge on any atom is 0.310 e. The highest BCUT2D eigenvalue weighted by atomic mass is 19.1. The number of nitrogens with zero attached hydrogens (tertiary/aromatic N) is 1. The van der Waals surface area contributed by atoms with Crippen molar-refractivity contribution in [2.75, 3.05) is 0 Å². The number of rotatable bonds is 4. The van der Waals surface area contributed by atoms with Crippen molar-refractivity contribution >= 4 is 17.1 Å². The van der Waals surface area contributed by atoms with E-state index in [0.29, 0.717) is 17.0 Å². The van der Waals surface area contributed by atoms with E-state index in [1.807, 2.05) is 18.2 Å². The number of esters is 1. The molecule has 0 unspecified atom stereocenters. The first-order valence-electron chi connectivity index (χ1n) is 6.45. The number of para-hydroxylation sites is 2. The van der Waals surface area contributed by atoms with Crippen LogP contribution in [0.2, 0.25) is 0 Å². The average molecular weight is 285 g/mol. The predicted octanol–water partition coefficient (Wildman–Crippen LogP) is 3.25. The highest BCUT2D eigenvalue weighted by molar-refractivity contribution is 5.73. The van der Waals surface area contributed by atoms with E-state index in [4.69, 9.17) is 9.15 Å². The van der Waals surface area contributed by atoms with Gasteiger partial charge >= 0.3 is 5.97 Å². The molecule has 2 aromatic carbocycles. The number of benzene rings is 2. The number of oxazole rings is 1. The monoisotopic (exact) mass is 285 g/mol. The number of fused-ring (bicyclic) bond motifs is 1. The van der Waals surface area contributed by atoms with Crippen LogP contribution in [0.1, 0.15) is 11.5 Å². The summed E-state index contributed by atoms with van der Waals surface area (Å²) >= 11 is 0. The van der Waals surface area contributed by atoms with Gasteiger partial charge in [0.05, 0.1) is 6.42 Å². The van der Waals surface area contributed by atoms with Gasteiger partial charge in [-0.1, -0.05) is 24.3 Å². The first-order valence-corrected chi connectivity index (χ1v) is 6.45. The zero-order valence-electron chi connectivity index (χ0n) is 11.1. The smallest absolute Gasteiger partial charge is 0.310 e. The quantitative estimate of drug-likeness (QED) is 0.690. The SMILES string of the molecule is O=C(Cc1ccc(F)cc1)OCc1nc2ccccc2o1. The molecule has 1 heterocycles. The van der Waals surface area contributed by atoms with Crippen LogP contribution in [0, 0.1) is 5.82 Å². The number of hydrogen-bond donors (Lipinski definition) is 0. The number of aromatic nitrogens is 1. The second kappa shape index (κ2) is 5.75. The van der Waals surface area contributed by atoms with Gasteiger partial charge in [0.25, 0.3) is 0 Å². The summed E-state index contributed by atoms with van der Waals surface area (Å²) in [5, 5.41) is 0. The van der Waals surface area contributed by atoms with Gasteiger partial charge in [-0.3, -0.25) is 4.79 Å². The van der Waals surface area contributed by atoms with E-state index >= 15 is 0 Å². The van der Waals surface area contributed by atoms with Gasteiger partial charge in [-0.15, -0.1) is 0 Å². The Morgan fingerprint density at radius 1 is 1.14 bits per heavy atom. The highest BCUT2D eigenvalue weighted by Crippen LogP contribution is 2.15. The third-order valence-corrected chi connectivity index (χ3v) is 2.96. The normalized spacial score (nSPS) is 10.7. The minimum absolute atomic E-state index is 0.0191. The van der Waals surface area contributed by atoms with Crippen molar-refractivity contribution in [3.63, 3.8) is 0 Å². The van der Waals surface area contributed by atoms with Crippen molar-refractivity contribution in [1.29, 1.82) is 0 Å². The summed E-state index contributed by atoms with van der Waals surface area (Å²) in [4.78, 5) is 15.9. The Hall–Kier alpha value is -2.69. The van der Waals surface area contributed by atoms with Crippen LogP contribution in [0.5, 0.6) is 0 Å². The highest BCUT2D eigenvalue weighted by Gasteiger charge is 2.09. The standard InChI is InChI=1S/C16H12FNO3/c17-12-7-5-11(6-8-12)9-16(19)20-10-15-18-13-3-1-2-4-14(13)21-15/h1-8H,9-10H2. The Kier molecular flexibility index (Phi) is 3.64. The molecular formula is C16H12FNO3. The van der Waals surface area contributed by atoms with E-state index in [-0.39, 0.29) is 18.8 Å². The fourth-order valence-electron chi connectivity index (χ4n) is 1.94. The van der Waals surface area contributed by atoms with Gasteiger partial charge in [-0.25, -0.2) is 9.37 Å². The summed E-state index contributed by atoms with van der Waals surface area (Å²) in [6.07, 6.45) is 0.0838. The summed E-state index contributed by atoms with van der Waals surface area (Å²) in [6, 6.07) is 13.0. The zero-order chi connectivity index (χ0) is 14.7. The lowest BCUT2D eigenvalue weighted by molar-refractivity contribution is -0.144. The lowest BCUT2D eigenvalue weighted by atomic mass is 10.1. The molecule has 0 aliphatic heterocycles. The topological polar surface area (TPSA) is 52.3 Å². The number of halogens is 1. The van der Waals surface area contributed by atoms with Crippen LogP contribution in [0.25, 0.3) is 11.1 Å². The molecule has 0 fully saturated rings. The van der Waals surface area contributed by atoms with Crippen molar-refractivity contribution in [3.8, 4) is 0 Å². The molecule has 21 heavy (non-hydrogen) atoms. The van der Waals surface area contributed by atoms with Crippen molar-refractivity contribution in [2.45, 2.75) is 13.0 Å². The largest absolute Gasteiger partial charge is 0.455 e. The van der Waals surface area contributed by atoms with Crippen LogP contribution in [-0.4, -0.2) is 11.0 Å². The third kappa shape index (κ3) is 3.25. The van der Waals surface area contributed by atoms with Gasteiger partial charge < -0.3 is 9.15 Å². The number of hydrogen-bond acceptors (Lipinski definition) is 4. The van der Waals surface area contributed by atoms with E-state index < -0.39 is 5.97 Å². The fourth-order valence-corrected chi connectivity index (χ4v) is 1.94. The second-order valence-electron chi connectivity index (χ2n) is 4.54. The van der Waals surface area contributed by atoms with E-state index in [2.05, 4.69) is 4.98 Å². The van der Waals surface area contributed by atoms with E-state index in [9.17, 15) is 9.18 Å². The van der Waals surface area contributed by atoms with Crippen molar-refractivity contribution in [1.82, 2.24) is 4.98 Å². The molecule has 0 atom stereocenters. The molecule has 0 radical (unpaired) electrons. The number of ether oxygens (including phenoxy) is 1. The molecule has 0 aliphatic carbocycles. The maximum atomic E-state index is 12.8. The van der Waals surface area contributed by atoms with E-state index in [1.54, 1.807) is 18.2 Å². The first kappa shape index (κ1) is 13.3. The van der Waals surface area contributed by atoms with Gasteiger partial charge in [-0.2, -0.15) is 0 Å². The Morgan fingerprint density at radius 3 is 2.67 bits per heavy atom. The van der Waals surface area contributed by atoms with Crippen molar-refractivity contribution in [3.05, 3.63) is 65.8 Å². The molecule has 0 saturated heterocycles. The Balaban J connectivity index is 1.59. The molecule has 106 valence electrons.